The molecule has 0 saturated heterocycles. The van der Waals surface area contributed by atoms with Crippen LogP contribution in [0.1, 0.15) is 11.1 Å². The molecule has 0 radical (unpaired) electrons. The van der Waals surface area contributed by atoms with Gasteiger partial charge < -0.3 is 14.8 Å². The van der Waals surface area contributed by atoms with Crippen molar-refractivity contribution in [2.24, 2.45) is 0 Å². The molecule has 0 amide bonds. The molecule has 0 unspecified atom stereocenters. The van der Waals surface area contributed by atoms with E-state index < -0.39 is 4.92 Å². The summed E-state index contributed by atoms with van der Waals surface area (Å²) in [5.74, 6) is 1.34. The van der Waals surface area contributed by atoms with Crippen molar-refractivity contribution in [2.45, 2.75) is 13.1 Å². The maximum absolute atomic E-state index is 10.7. The highest BCUT2D eigenvalue weighted by molar-refractivity contribution is 6.31. The van der Waals surface area contributed by atoms with Crippen LogP contribution in [-0.2, 0) is 13.1 Å². The van der Waals surface area contributed by atoms with E-state index in [-0.39, 0.29) is 5.69 Å². The zero-order chi connectivity index (χ0) is 16.8. The summed E-state index contributed by atoms with van der Waals surface area (Å²) in [5, 5.41) is 14.3. The van der Waals surface area contributed by atoms with Gasteiger partial charge in [0.1, 0.15) is 0 Å². The van der Waals surface area contributed by atoms with Crippen LogP contribution >= 0.6 is 11.6 Å². The molecular formula is C16H17ClN2O4. The van der Waals surface area contributed by atoms with Crippen LogP contribution in [0, 0.1) is 10.1 Å². The number of hydrogen-bond donors (Lipinski definition) is 1. The number of benzene rings is 2. The molecular weight excluding hydrogens is 320 g/mol. The van der Waals surface area contributed by atoms with Gasteiger partial charge >= 0.3 is 0 Å². The van der Waals surface area contributed by atoms with Crippen LogP contribution < -0.4 is 14.8 Å². The standard InChI is InChI=1S/C16H17ClN2O4/c1-22-15-6-3-11(7-16(15)23-2)9-18-10-12-4-5-13(19(20)21)8-14(12)17/h3-8,18H,9-10H2,1-2H3. The van der Waals surface area contributed by atoms with Gasteiger partial charge in [0.25, 0.3) is 5.69 Å². The van der Waals surface area contributed by atoms with E-state index in [1.807, 2.05) is 18.2 Å². The van der Waals surface area contributed by atoms with Crippen molar-refractivity contribution in [3.63, 3.8) is 0 Å². The lowest BCUT2D eigenvalue weighted by molar-refractivity contribution is -0.384. The van der Waals surface area contributed by atoms with Crippen molar-refractivity contribution in [3.05, 3.63) is 62.7 Å². The van der Waals surface area contributed by atoms with Crippen molar-refractivity contribution < 1.29 is 14.4 Å². The molecule has 0 aliphatic rings. The molecule has 0 saturated carbocycles. The number of nitrogens with one attached hydrogen (secondary N) is 1. The summed E-state index contributed by atoms with van der Waals surface area (Å²) < 4.78 is 10.5. The SMILES string of the molecule is COc1ccc(CNCc2ccc([N+](=O)[O-])cc2Cl)cc1OC. The van der Waals surface area contributed by atoms with E-state index in [4.69, 9.17) is 21.1 Å². The Morgan fingerprint density at radius 1 is 1.09 bits per heavy atom. The predicted molar refractivity (Wildman–Crippen MR) is 88.2 cm³/mol. The molecule has 0 fully saturated rings. The monoisotopic (exact) mass is 336 g/mol. The van der Waals surface area contributed by atoms with Crippen LogP contribution in [0.15, 0.2) is 36.4 Å². The van der Waals surface area contributed by atoms with E-state index in [2.05, 4.69) is 5.32 Å². The Bertz CT molecular complexity index is 706. The largest absolute Gasteiger partial charge is 0.493 e. The highest BCUT2D eigenvalue weighted by atomic mass is 35.5. The average Bonchev–Trinajstić information content (AvgIpc) is 2.55. The highest BCUT2D eigenvalue weighted by Gasteiger charge is 2.09. The minimum atomic E-state index is -0.466. The number of nitrogens with zero attached hydrogens (tertiary/aromatic N) is 1. The summed E-state index contributed by atoms with van der Waals surface area (Å²) in [6, 6.07) is 10.1. The summed E-state index contributed by atoms with van der Waals surface area (Å²) in [4.78, 5) is 10.2. The lowest BCUT2D eigenvalue weighted by Gasteiger charge is -2.11. The minimum absolute atomic E-state index is 0.0151. The van der Waals surface area contributed by atoms with Gasteiger partial charge in [-0.25, -0.2) is 0 Å². The number of ether oxygens (including phenoxy) is 2. The van der Waals surface area contributed by atoms with E-state index in [9.17, 15) is 10.1 Å². The Morgan fingerprint density at radius 2 is 1.83 bits per heavy atom. The number of halogens is 1. The number of nitro benzene ring substituents is 1. The molecule has 0 atom stereocenters. The van der Waals surface area contributed by atoms with Crippen molar-refractivity contribution in [2.75, 3.05) is 14.2 Å². The molecule has 0 heterocycles. The first-order chi connectivity index (χ1) is 11.0. The molecule has 2 rings (SSSR count). The second-order valence-corrected chi connectivity index (χ2v) is 5.23. The molecule has 0 aliphatic carbocycles. The Kier molecular flexibility index (Phi) is 5.78. The summed E-state index contributed by atoms with van der Waals surface area (Å²) in [6.45, 7) is 1.11. The maximum atomic E-state index is 10.7. The Hall–Kier alpha value is -2.31. The van der Waals surface area contributed by atoms with Crippen molar-refractivity contribution in [1.29, 1.82) is 0 Å². The Balaban J connectivity index is 1.98. The third-order valence-electron chi connectivity index (χ3n) is 3.34. The number of hydrogen-bond acceptors (Lipinski definition) is 5. The van der Waals surface area contributed by atoms with Crippen LogP contribution in [0.4, 0.5) is 5.69 Å². The van der Waals surface area contributed by atoms with Gasteiger partial charge in [-0.2, -0.15) is 0 Å². The predicted octanol–water partition coefficient (Wildman–Crippen LogP) is 3.56. The van der Waals surface area contributed by atoms with Crippen LogP contribution in [0.3, 0.4) is 0 Å². The first-order valence-electron chi connectivity index (χ1n) is 6.89. The fourth-order valence-electron chi connectivity index (χ4n) is 2.13. The van der Waals surface area contributed by atoms with Crippen LogP contribution in [0.2, 0.25) is 5.02 Å². The summed E-state index contributed by atoms with van der Waals surface area (Å²) in [5.41, 5.74) is 1.82. The zero-order valence-electron chi connectivity index (χ0n) is 12.8. The summed E-state index contributed by atoms with van der Waals surface area (Å²) >= 11 is 6.06. The van der Waals surface area contributed by atoms with Crippen molar-refractivity contribution in [1.82, 2.24) is 5.32 Å². The van der Waals surface area contributed by atoms with E-state index in [0.717, 1.165) is 11.1 Å². The second-order valence-electron chi connectivity index (χ2n) is 4.83. The Morgan fingerprint density at radius 3 is 2.43 bits per heavy atom. The molecule has 0 aliphatic heterocycles. The van der Waals surface area contributed by atoms with Gasteiger partial charge in [0, 0.05) is 25.2 Å². The number of methoxy groups -OCH3 is 2. The lowest BCUT2D eigenvalue weighted by atomic mass is 10.1. The van der Waals surface area contributed by atoms with E-state index in [1.54, 1.807) is 20.3 Å². The third kappa shape index (κ3) is 4.34. The summed E-state index contributed by atoms with van der Waals surface area (Å²) in [6.07, 6.45) is 0. The molecule has 0 aromatic heterocycles. The minimum Gasteiger partial charge on any atom is -0.493 e. The van der Waals surface area contributed by atoms with Gasteiger partial charge in [0.05, 0.1) is 24.2 Å². The van der Waals surface area contributed by atoms with Gasteiger partial charge in [-0.1, -0.05) is 17.7 Å². The molecule has 122 valence electrons. The van der Waals surface area contributed by atoms with Crippen molar-refractivity contribution >= 4 is 17.3 Å². The number of nitro groups is 1. The third-order valence-corrected chi connectivity index (χ3v) is 3.69. The van der Waals surface area contributed by atoms with Crippen LogP contribution in [-0.4, -0.2) is 19.1 Å². The topological polar surface area (TPSA) is 73.6 Å². The average molecular weight is 337 g/mol. The molecule has 23 heavy (non-hydrogen) atoms. The van der Waals surface area contributed by atoms with Gasteiger partial charge in [-0.05, 0) is 29.3 Å². The quantitative estimate of drug-likeness (QED) is 0.618. The van der Waals surface area contributed by atoms with Gasteiger partial charge in [-0.15, -0.1) is 0 Å². The normalized spacial score (nSPS) is 10.4. The fraction of sp³-hybridized carbons (Fsp3) is 0.250. The van der Waals surface area contributed by atoms with Crippen molar-refractivity contribution in [3.8, 4) is 11.5 Å². The van der Waals surface area contributed by atoms with Gasteiger partial charge in [0.15, 0.2) is 11.5 Å². The molecule has 0 spiro atoms. The van der Waals surface area contributed by atoms with E-state index in [0.29, 0.717) is 29.6 Å². The van der Waals surface area contributed by atoms with Gasteiger partial charge in [-0.3, -0.25) is 10.1 Å². The molecule has 6 nitrogen and oxygen atoms in total. The molecule has 1 N–H and O–H groups in total. The van der Waals surface area contributed by atoms with E-state index >= 15 is 0 Å². The molecule has 0 bridgehead atoms. The zero-order valence-corrected chi connectivity index (χ0v) is 13.6. The fourth-order valence-corrected chi connectivity index (χ4v) is 2.37. The highest BCUT2D eigenvalue weighted by Crippen LogP contribution is 2.27. The summed E-state index contributed by atoms with van der Waals surface area (Å²) in [7, 11) is 3.18. The second kappa shape index (κ2) is 7.80. The first kappa shape index (κ1) is 17.1. The van der Waals surface area contributed by atoms with E-state index in [1.165, 1.54) is 12.1 Å². The smallest absolute Gasteiger partial charge is 0.270 e. The Labute approximate surface area is 139 Å². The lowest BCUT2D eigenvalue weighted by Crippen LogP contribution is -2.13. The molecule has 7 heteroatoms. The first-order valence-corrected chi connectivity index (χ1v) is 7.27. The maximum Gasteiger partial charge on any atom is 0.270 e. The number of non-ortho nitro benzene ring substituents is 1. The molecule has 2 aromatic rings. The van der Waals surface area contributed by atoms with Crippen LogP contribution in [0.25, 0.3) is 0 Å². The van der Waals surface area contributed by atoms with Gasteiger partial charge in [0.2, 0.25) is 0 Å². The van der Waals surface area contributed by atoms with Crippen LogP contribution in [0.5, 0.6) is 11.5 Å². The number of rotatable bonds is 7. The molecule has 2 aromatic carbocycles.